The van der Waals surface area contributed by atoms with Crippen molar-refractivity contribution >= 4 is 17.0 Å². The van der Waals surface area contributed by atoms with Gasteiger partial charge in [0.2, 0.25) is 0 Å². The molecular formula is C17H16N2. The van der Waals surface area contributed by atoms with Crippen molar-refractivity contribution in [1.82, 2.24) is 4.57 Å². The van der Waals surface area contributed by atoms with Crippen LogP contribution in [0.1, 0.15) is 12.5 Å². The highest BCUT2D eigenvalue weighted by Gasteiger charge is 2.03. The highest BCUT2D eigenvalue weighted by atomic mass is 14.9. The van der Waals surface area contributed by atoms with E-state index in [0.29, 0.717) is 5.57 Å². The number of nitriles is 1. The van der Waals surface area contributed by atoms with E-state index in [4.69, 9.17) is 0 Å². The quantitative estimate of drug-likeness (QED) is 0.590. The number of para-hydroxylation sites is 1. The lowest BCUT2D eigenvalue weighted by atomic mass is 10.1. The summed E-state index contributed by atoms with van der Waals surface area (Å²) in [6.45, 7) is 5.70. The van der Waals surface area contributed by atoms with E-state index in [1.165, 1.54) is 0 Å². The van der Waals surface area contributed by atoms with Crippen LogP contribution in [0.25, 0.3) is 17.0 Å². The van der Waals surface area contributed by atoms with Gasteiger partial charge in [-0.05, 0) is 25.1 Å². The molecule has 1 heterocycles. The van der Waals surface area contributed by atoms with Gasteiger partial charge in [-0.15, -0.1) is 0 Å². The van der Waals surface area contributed by atoms with E-state index in [1.807, 2.05) is 44.5 Å². The number of aryl methyl sites for hydroxylation is 1. The molecule has 0 fully saturated rings. The lowest BCUT2D eigenvalue weighted by Crippen LogP contribution is -1.81. The first-order valence-electron chi connectivity index (χ1n) is 6.11. The molecule has 2 rings (SSSR count). The minimum Gasteiger partial charge on any atom is -0.350 e. The van der Waals surface area contributed by atoms with Crippen LogP contribution < -0.4 is 0 Å². The molecule has 0 radical (unpaired) electrons. The maximum Gasteiger partial charge on any atom is 0.0991 e. The van der Waals surface area contributed by atoms with Crippen molar-refractivity contribution in [3.05, 3.63) is 65.9 Å². The van der Waals surface area contributed by atoms with Crippen LogP contribution in [0.2, 0.25) is 0 Å². The molecule has 2 aromatic rings. The van der Waals surface area contributed by atoms with Crippen LogP contribution in [0.4, 0.5) is 0 Å². The molecular weight excluding hydrogens is 232 g/mol. The van der Waals surface area contributed by atoms with Crippen LogP contribution in [0, 0.1) is 11.3 Å². The topological polar surface area (TPSA) is 28.7 Å². The van der Waals surface area contributed by atoms with Crippen LogP contribution in [0.3, 0.4) is 0 Å². The van der Waals surface area contributed by atoms with Crippen LogP contribution in [-0.4, -0.2) is 4.57 Å². The van der Waals surface area contributed by atoms with Gasteiger partial charge >= 0.3 is 0 Å². The first kappa shape index (κ1) is 12.9. The molecule has 19 heavy (non-hydrogen) atoms. The van der Waals surface area contributed by atoms with Crippen molar-refractivity contribution in [1.29, 1.82) is 5.26 Å². The van der Waals surface area contributed by atoms with Crippen LogP contribution in [0.5, 0.6) is 0 Å². The largest absolute Gasteiger partial charge is 0.350 e. The predicted octanol–water partition coefficient (Wildman–Crippen LogP) is 4.22. The van der Waals surface area contributed by atoms with Crippen LogP contribution >= 0.6 is 0 Å². The molecule has 0 N–H and O–H groups in total. The number of hydrogen-bond donors (Lipinski definition) is 0. The maximum absolute atomic E-state index is 9.17. The SMILES string of the molecule is C=C(C)/C=C/C(C#N)=C/c1cn(C)c2ccccc12. The second-order valence-corrected chi connectivity index (χ2v) is 4.60. The van der Waals surface area contributed by atoms with E-state index < -0.39 is 0 Å². The van der Waals surface area contributed by atoms with Crippen LogP contribution in [-0.2, 0) is 7.05 Å². The standard InChI is InChI=1S/C17H16N2/c1-13(2)8-9-14(11-18)10-15-12-19(3)17-7-5-4-6-16(15)17/h4-10,12H,1H2,2-3H3/b9-8+,14-10-. The summed E-state index contributed by atoms with van der Waals surface area (Å²) in [4.78, 5) is 0. The van der Waals surface area contributed by atoms with Crippen molar-refractivity contribution in [2.75, 3.05) is 0 Å². The first-order chi connectivity index (χ1) is 9.11. The fourth-order valence-electron chi connectivity index (χ4n) is 2.01. The minimum absolute atomic E-state index is 0.624. The Morgan fingerprint density at radius 3 is 2.74 bits per heavy atom. The second kappa shape index (κ2) is 5.41. The van der Waals surface area contributed by atoms with Gasteiger partial charge in [-0.25, -0.2) is 0 Å². The summed E-state index contributed by atoms with van der Waals surface area (Å²) in [5.74, 6) is 0. The Balaban J connectivity index is 2.50. The molecule has 0 saturated heterocycles. The summed E-state index contributed by atoms with van der Waals surface area (Å²) in [7, 11) is 2.01. The van der Waals surface area contributed by atoms with Gasteiger partial charge in [0.1, 0.15) is 0 Å². The van der Waals surface area contributed by atoms with Crippen LogP contribution in [0.15, 0.2) is 60.3 Å². The zero-order valence-corrected chi connectivity index (χ0v) is 11.2. The van der Waals surface area contributed by atoms with E-state index in [0.717, 1.165) is 22.0 Å². The lowest BCUT2D eigenvalue weighted by molar-refractivity contribution is 0.968. The first-order valence-corrected chi connectivity index (χ1v) is 6.11. The van der Waals surface area contributed by atoms with E-state index >= 15 is 0 Å². The van der Waals surface area contributed by atoms with Gasteiger partial charge in [0, 0.05) is 29.7 Å². The second-order valence-electron chi connectivity index (χ2n) is 4.60. The zero-order chi connectivity index (χ0) is 13.8. The number of benzene rings is 1. The van der Waals surface area contributed by atoms with Gasteiger partial charge in [0.05, 0.1) is 11.6 Å². The molecule has 1 aromatic carbocycles. The molecule has 0 unspecified atom stereocenters. The van der Waals surface area contributed by atoms with E-state index in [1.54, 1.807) is 6.08 Å². The van der Waals surface area contributed by atoms with Gasteiger partial charge in [-0.1, -0.05) is 36.4 Å². The lowest BCUT2D eigenvalue weighted by Gasteiger charge is -1.93. The highest BCUT2D eigenvalue weighted by Crippen LogP contribution is 2.22. The minimum atomic E-state index is 0.624. The molecule has 0 aliphatic rings. The Morgan fingerprint density at radius 2 is 2.05 bits per heavy atom. The third-order valence-corrected chi connectivity index (χ3v) is 2.92. The number of aromatic nitrogens is 1. The molecule has 0 spiro atoms. The van der Waals surface area contributed by atoms with Crippen molar-refractivity contribution in [3.8, 4) is 6.07 Å². The summed E-state index contributed by atoms with van der Waals surface area (Å²) >= 11 is 0. The van der Waals surface area contributed by atoms with Gasteiger partial charge in [-0.3, -0.25) is 0 Å². The van der Waals surface area contributed by atoms with Crippen molar-refractivity contribution in [3.63, 3.8) is 0 Å². The Kier molecular flexibility index (Phi) is 3.68. The Hall–Kier alpha value is -2.53. The zero-order valence-electron chi connectivity index (χ0n) is 11.2. The number of allylic oxidation sites excluding steroid dienone is 4. The Labute approximate surface area is 113 Å². The molecule has 0 aliphatic carbocycles. The van der Waals surface area contributed by atoms with Crippen molar-refractivity contribution < 1.29 is 0 Å². The summed E-state index contributed by atoms with van der Waals surface area (Å²) in [6.07, 6.45) is 7.59. The molecule has 2 heteroatoms. The van der Waals surface area contributed by atoms with Crippen molar-refractivity contribution in [2.45, 2.75) is 6.92 Å². The monoisotopic (exact) mass is 248 g/mol. The third-order valence-electron chi connectivity index (χ3n) is 2.92. The van der Waals surface area contributed by atoms with Gasteiger partial charge in [-0.2, -0.15) is 5.26 Å². The maximum atomic E-state index is 9.17. The molecule has 0 bridgehead atoms. The summed E-state index contributed by atoms with van der Waals surface area (Å²) in [6, 6.07) is 10.4. The number of nitrogens with zero attached hydrogens (tertiary/aromatic N) is 2. The summed E-state index contributed by atoms with van der Waals surface area (Å²) < 4.78 is 2.07. The molecule has 0 atom stereocenters. The van der Waals surface area contributed by atoms with E-state index in [-0.39, 0.29) is 0 Å². The fourth-order valence-corrected chi connectivity index (χ4v) is 2.01. The summed E-state index contributed by atoms with van der Waals surface area (Å²) in [5, 5.41) is 10.3. The Morgan fingerprint density at radius 1 is 1.32 bits per heavy atom. The Bertz CT molecular complexity index is 721. The number of rotatable bonds is 3. The average molecular weight is 248 g/mol. The molecule has 0 saturated carbocycles. The molecule has 1 aromatic heterocycles. The van der Waals surface area contributed by atoms with Gasteiger partial charge < -0.3 is 4.57 Å². The predicted molar refractivity (Wildman–Crippen MR) is 80.5 cm³/mol. The van der Waals surface area contributed by atoms with Gasteiger partial charge in [0.15, 0.2) is 0 Å². The third kappa shape index (κ3) is 2.83. The highest BCUT2D eigenvalue weighted by molar-refractivity contribution is 5.90. The summed E-state index contributed by atoms with van der Waals surface area (Å²) in [5.41, 5.74) is 3.77. The van der Waals surface area contributed by atoms with Crippen molar-refractivity contribution in [2.24, 2.45) is 7.05 Å². The van der Waals surface area contributed by atoms with Gasteiger partial charge in [0.25, 0.3) is 0 Å². The molecule has 0 amide bonds. The van der Waals surface area contributed by atoms with E-state index in [2.05, 4.69) is 29.3 Å². The molecule has 94 valence electrons. The molecule has 0 aliphatic heterocycles. The number of hydrogen-bond acceptors (Lipinski definition) is 1. The number of fused-ring (bicyclic) bond motifs is 1. The fraction of sp³-hybridized carbons (Fsp3) is 0.118. The van der Waals surface area contributed by atoms with E-state index in [9.17, 15) is 5.26 Å². The average Bonchev–Trinajstić information content (AvgIpc) is 2.72. The normalized spacial score (nSPS) is 11.9. The molecule has 2 nitrogen and oxygen atoms in total. The smallest absolute Gasteiger partial charge is 0.0991 e.